The lowest BCUT2D eigenvalue weighted by Crippen LogP contribution is -2.18. The minimum atomic E-state index is 0.193. The van der Waals surface area contributed by atoms with E-state index in [0.29, 0.717) is 0 Å². The maximum absolute atomic E-state index is 5.91. The van der Waals surface area contributed by atoms with Gasteiger partial charge in [-0.05, 0) is 61.8 Å². The Morgan fingerprint density at radius 2 is 2.00 bits per heavy atom. The molecule has 1 aliphatic carbocycles. The Balaban J connectivity index is 2.26. The van der Waals surface area contributed by atoms with Gasteiger partial charge >= 0.3 is 0 Å². The fourth-order valence-corrected chi connectivity index (χ4v) is 2.51. The van der Waals surface area contributed by atoms with Gasteiger partial charge in [0.1, 0.15) is 5.75 Å². The van der Waals surface area contributed by atoms with Crippen molar-refractivity contribution in [3.63, 3.8) is 0 Å². The highest BCUT2D eigenvalue weighted by Gasteiger charge is 2.16. The maximum atomic E-state index is 5.91. The third-order valence-electron chi connectivity index (χ3n) is 3.28. The molecule has 0 radical (unpaired) electrons. The van der Waals surface area contributed by atoms with Crippen LogP contribution in [0.5, 0.6) is 5.75 Å². The number of benzene rings is 1. The molecule has 0 fully saturated rings. The number of ether oxygens (including phenoxy) is 1. The van der Waals surface area contributed by atoms with Crippen LogP contribution >= 0.6 is 0 Å². The SMILES string of the molecule is CCCOc1cc2c(cc1CC(C)N)CCC2. The van der Waals surface area contributed by atoms with Crippen LogP contribution < -0.4 is 10.5 Å². The zero-order chi connectivity index (χ0) is 12.3. The van der Waals surface area contributed by atoms with E-state index in [1.54, 1.807) is 0 Å². The Labute approximate surface area is 104 Å². The molecule has 0 saturated heterocycles. The molecule has 0 spiro atoms. The first-order valence-electron chi connectivity index (χ1n) is 6.73. The monoisotopic (exact) mass is 233 g/mol. The summed E-state index contributed by atoms with van der Waals surface area (Å²) in [5, 5.41) is 0. The molecule has 0 amide bonds. The predicted octanol–water partition coefficient (Wildman–Crippen LogP) is 2.85. The first-order chi connectivity index (χ1) is 8.20. The summed E-state index contributed by atoms with van der Waals surface area (Å²) in [6.07, 6.45) is 5.66. The molecule has 1 atom stereocenters. The molecule has 0 aliphatic heterocycles. The van der Waals surface area contributed by atoms with Crippen LogP contribution in [0.1, 0.15) is 43.4 Å². The number of rotatable bonds is 5. The highest BCUT2D eigenvalue weighted by Crippen LogP contribution is 2.30. The summed E-state index contributed by atoms with van der Waals surface area (Å²) in [5.41, 5.74) is 10.2. The number of nitrogens with two attached hydrogens (primary N) is 1. The second-order valence-electron chi connectivity index (χ2n) is 5.11. The molecule has 0 heterocycles. The van der Waals surface area contributed by atoms with Crippen LogP contribution in [0.4, 0.5) is 0 Å². The van der Waals surface area contributed by atoms with Crippen molar-refractivity contribution in [3.05, 3.63) is 28.8 Å². The van der Waals surface area contributed by atoms with Crippen molar-refractivity contribution in [1.82, 2.24) is 0 Å². The zero-order valence-electron chi connectivity index (χ0n) is 11.0. The fourth-order valence-electron chi connectivity index (χ4n) is 2.51. The molecular weight excluding hydrogens is 210 g/mol. The van der Waals surface area contributed by atoms with E-state index in [1.165, 1.54) is 36.0 Å². The Hall–Kier alpha value is -1.02. The lowest BCUT2D eigenvalue weighted by atomic mass is 10.0. The Morgan fingerprint density at radius 1 is 1.29 bits per heavy atom. The molecule has 0 bridgehead atoms. The van der Waals surface area contributed by atoms with Gasteiger partial charge in [0.15, 0.2) is 0 Å². The molecule has 1 aliphatic rings. The fraction of sp³-hybridized carbons (Fsp3) is 0.600. The van der Waals surface area contributed by atoms with Gasteiger partial charge in [0.05, 0.1) is 6.61 Å². The summed E-state index contributed by atoms with van der Waals surface area (Å²) in [6.45, 7) is 4.99. The Morgan fingerprint density at radius 3 is 2.65 bits per heavy atom. The van der Waals surface area contributed by atoms with Gasteiger partial charge in [-0.15, -0.1) is 0 Å². The van der Waals surface area contributed by atoms with Crippen LogP contribution in [0, 0.1) is 0 Å². The number of fused-ring (bicyclic) bond motifs is 1. The molecule has 17 heavy (non-hydrogen) atoms. The van der Waals surface area contributed by atoms with Crippen molar-refractivity contribution in [1.29, 1.82) is 0 Å². The van der Waals surface area contributed by atoms with Crippen molar-refractivity contribution < 1.29 is 4.74 Å². The molecule has 0 saturated carbocycles. The normalized spacial score (nSPS) is 15.7. The first-order valence-corrected chi connectivity index (χ1v) is 6.73. The van der Waals surface area contributed by atoms with Crippen molar-refractivity contribution in [2.24, 2.45) is 5.73 Å². The Bertz CT molecular complexity index is 385. The van der Waals surface area contributed by atoms with Crippen molar-refractivity contribution in [2.45, 2.75) is 52.0 Å². The zero-order valence-corrected chi connectivity index (χ0v) is 11.0. The van der Waals surface area contributed by atoms with Gasteiger partial charge in [0.25, 0.3) is 0 Å². The predicted molar refractivity (Wildman–Crippen MR) is 71.6 cm³/mol. The standard InChI is InChI=1S/C15H23NO/c1-3-7-17-15-10-13-6-4-5-12(13)9-14(15)8-11(2)16/h9-11H,3-8,16H2,1-2H3. The first kappa shape index (κ1) is 12.4. The van der Waals surface area contributed by atoms with Crippen LogP contribution in [0.15, 0.2) is 12.1 Å². The molecule has 1 aromatic rings. The molecule has 2 N–H and O–H groups in total. The van der Waals surface area contributed by atoms with E-state index >= 15 is 0 Å². The van der Waals surface area contributed by atoms with E-state index in [-0.39, 0.29) is 6.04 Å². The van der Waals surface area contributed by atoms with E-state index in [9.17, 15) is 0 Å². The van der Waals surface area contributed by atoms with E-state index in [1.807, 2.05) is 0 Å². The van der Waals surface area contributed by atoms with Crippen molar-refractivity contribution in [3.8, 4) is 5.75 Å². The molecule has 2 heteroatoms. The lowest BCUT2D eigenvalue weighted by molar-refractivity contribution is 0.313. The average molecular weight is 233 g/mol. The second kappa shape index (κ2) is 5.54. The van der Waals surface area contributed by atoms with Gasteiger partial charge in [0, 0.05) is 6.04 Å². The van der Waals surface area contributed by atoms with Crippen molar-refractivity contribution in [2.75, 3.05) is 6.61 Å². The van der Waals surface area contributed by atoms with Gasteiger partial charge in [-0.2, -0.15) is 0 Å². The van der Waals surface area contributed by atoms with Crippen LogP contribution in [0.3, 0.4) is 0 Å². The number of aryl methyl sites for hydroxylation is 2. The summed E-state index contributed by atoms with van der Waals surface area (Å²) < 4.78 is 5.86. The lowest BCUT2D eigenvalue weighted by Gasteiger charge is -2.15. The van der Waals surface area contributed by atoms with Crippen LogP contribution in [0.25, 0.3) is 0 Å². The molecule has 2 rings (SSSR count). The number of hydrogen-bond donors (Lipinski definition) is 1. The third-order valence-corrected chi connectivity index (χ3v) is 3.28. The second-order valence-corrected chi connectivity index (χ2v) is 5.11. The average Bonchev–Trinajstić information content (AvgIpc) is 2.72. The maximum Gasteiger partial charge on any atom is 0.122 e. The van der Waals surface area contributed by atoms with Crippen LogP contribution in [-0.4, -0.2) is 12.6 Å². The van der Waals surface area contributed by atoms with E-state index in [4.69, 9.17) is 10.5 Å². The van der Waals surface area contributed by atoms with Gasteiger partial charge in [0.2, 0.25) is 0 Å². The molecule has 1 aromatic carbocycles. The highest BCUT2D eigenvalue weighted by molar-refractivity contribution is 5.45. The summed E-state index contributed by atoms with van der Waals surface area (Å²) in [5.74, 6) is 1.06. The van der Waals surface area contributed by atoms with Crippen molar-refractivity contribution >= 4 is 0 Å². The van der Waals surface area contributed by atoms with E-state index < -0.39 is 0 Å². The molecule has 1 unspecified atom stereocenters. The largest absolute Gasteiger partial charge is 0.493 e. The van der Waals surface area contributed by atoms with Gasteiger partial charge in [-0.25, -0.2) is 0 Å². The highest BCUT2D eigenvalue weighted by atomic mass is 16.5. The molecule has 2 nitrogen and oxygen atoms in total. The van der Waals surface area contributed by atoms with E-state index in [0.717, 1.165) is 25.2 Å². The van der Waals surface area contributed by atoms with E-state index in [2.05, 4.69) is 26.0 Å². The topological polar surface area (TPSA) is 35.2 Å². The van der Waals surface area contributed by atoms with Gasteiger partial charge in [-0.1, -0.05) is 13.0 Å². The molecule has 94 valence electrons. The van der Waals surface area contributed by atoms with Crippen LogP contribution in [-0.2, 0) is 19.3 Å². The van der Waals surface area contributed by atoms with Gasteiger partial charge in [-0.3, -0.25) is 0 Å². The third kappa shape index (κ3) is 3.01. The summed E-state index contributed by atoms with van der Waals surface area (Å²) in [4.78, 5) is 0. The molecular formula is C15H23NO. The smallest absolute Gasteiger partial charge is 0.122 e. The minimum absolute atomic E-state index is 0.193. The Kier molecular flexibility index (Phi) is 4.06. The summed E-state index contributed by atoms with van der Waals surface area (Å²) >= 11 is 0. The number of hydrogen-bond acceptors (Lipinski definition) is 2. The summed E-state index contributed by atoms with van der Waals surface area (Å²) in [6, 6.07) is 4.75. The summed E-state index contributed by atoms with van der Waals surface area (Å²) in [7, 11) is 0. The quantitative estimate of drug-likeness (QED) is 0.848. The van der Waals surface area contributed by atoms with Crippen LogP contribution in [0.2, 0.25) is 0 Å². The molecule has 0 aromatic heterocycles. The minimum Gasteiger partial charge on any atom is -0.493 e. The van der Waals surface area contributed by atoms with Gasteiger partial charge < -0.3 is 10.5 Å².